The van der Waals surface area contributed by atoms with Gasteiger partial charge in [-0.2, -0.15) is 0 Å². The monoisotopic (exact) mass is 367 g/mol. The van der Waals surface area contributed by atoms with Crippen molar-refractivity contribution < 1.29 is 0 Å². The molecule has 1 nitrogen and oxygen atoms in total. The summed E-state index contributed by atoms with van der Waals surface area (Å²) >= 11 is 8.95. The summed E-state index contributed by atoms with van der Waals surface area (Å²) in [6.45, 7) is 7.77. The van der Waals surface area contributed by atoms with E-state index in [-0.39, 0.29) is 0 Å². The zero-order chi connectivity index (χ0) is 12.1. The summed E-state index contributed by atoms with van der Waals surface area (Å²) in [6, 6.07) is 2.71. The van der Waals surface area contributed by atoms with Crippen molar-refractivity contribution in [1.82, 2.24) is 5.32 Å². The standard InChI is InChI=1S/C12H19Br2NS/c1-4-6-8(3)11(15-5-2)10-7-9(13)12(14)16-10/h7-8,11,15H,4-6H2,1-3H3. The summed E-state index contributed by atoms with van der Waals surface area (Å²) in [5.74, 6) is 0.683. The van der Waals surface area contributed by atoms with Crippen molar-refractivity contribution >= 4 is 43.2 Å². The molecule has 0 spiro atoms. The van der Waals surface area contributed by atoms with E-state index in [0.717, 1.165) is 6.54 Å². The van der Waals surface area contributed by atoms with E-state index in [1.807, 2.05) is 11.3 Å². The number of hydrogen-bond acceptors (Lipinski definition) is 2. The van der Waals surface area contributed by atoms with Gasteiger partial charge in [0.05, 0.1) is 3.79 Å². The highest BCUT2D eigenvalue weighted by molar-refractivity contribution is 9.13. The van der Waals surface area contributed by atoms with Crippen LogP contribution in [0.4, 0.5) is 0 Å². The minimum absolute atomic E-state index is 0.484. The first-order valence-corrected chi connectivity index (χ1v) is 8.18. The molecular weight excluding hydrogens is 350 g/mol. The zero-order valence-electron chi connectivity index (χ0n) is 10.0. The minimum atomic E-state index is 0.484. The second-order valence-electron chi connectivity index (χ2n) is 4.07. The predicted molar refractivity (Wildman–Crippen MR) is 80.2 cm³/mol. The Kier molecular flexibility index (Phi) is 6.55. The fourth-order valence-electron chi connectivity index (χ4n) is 1.94. The molecule has 0 aliphatic rings. The van der Waals surface area contributed by atoms with Gasteiger partial charge in [0.2, 0.25) is 0 Å². The number of hydrogen-bond donors (Lipinski definition) is 1. The van der Waals surface area contributed by atoms with Crippen LogP contribution in [0, 0.1) is 5.92 Å². The molecule has 1 aromatic heterocycles. The lowest BCUT2D eigenvalue weighted by molar-refractivity contribution is 0.374. The van der Waals surface area contributed by atoms with Crippen molar-refractivity contribution in [3.8, 4) is 0 Å². The lowest BCUT2D eigenvalue weighted by Crippen LogP contribution is -2.26. The van der Waals surface area contributed by atoms with Crippen molar-refractivity contribution in [3.63, 3.8) is 0 Å². The first kappa shape index (κ1) is 14.7. The molecule has 2 unspecified atom stereocenters. The molecule has 1 aromatic rings. The Labute approximate surface area is 119 Å². The van der Waals surface area contributed by atoms with Gasteiger partial charge in [-0.1, -0.05) is 27.2 Å². The Morgan fingerprint density at radius 2 is 2.06 bits per heavy atom. The number of rotatable bonds is 6. The summed E-state index contributed by atoms with van der Waals surface area (Å²) < 4.78 is 2.35. The second-order valence-corrected chi connectivity index (χ2v) is 7.33. The maximum Gasteiger partial charge on any atom is 0.0843 e. The quantitative estimate of drug-likeness (QED) is 0.712. The van der Waals surface area contributed by atoms with Crippen LogP contribution in [0.1, 0.15) is 44.5 Å². The normalized spacial score (nSPS) is 15.1. The molecule has 2 atom stereocenters. The van der Waals surface area contributed by atoms with Crippen molar-refractivity contribution in [2.75, 3.05) is 6.54 Å². The molecule has 0 aliphatic carbocycles. The van der Waals surface area contributed by atoms with Crippen LogP contribution in [0.2, 0.25) is 0 Å². The van der Waals surface area contributed by atoms with E-state index in [9.17, 15) is 0 Å². The van der Waals surface area contributed by atoms with E-state index in [1.54, 1.807) is 0 Å². The van der Waals surface area contributed by atoms with Crippen LogP contribution in [-0.2, 0) is 0 Å². The lowest BCUT2D eigenvalue weighted by Gasteiger charge is -2.23. The first-order chi connectivity index (χ1) is 7.60. The highest BCUT2D eigenvalue weighted by Gasteiger charge is 2.20. The van der Waals surface area contributed by atoms with Gasteiger partial charge < -0.3 is 5.32 Å². The molecule has 92 valence electrons. The van der Waals surface area contributed by atoms with E-state index in [4.69, 9.17) is 0 Å². The van der Waals surface area contributed by atoms with Gasteiger partial charge in [0.1, 0.15) is 0 Å². The number of nitrogens with one attached hydrogen (secondary N) is 1. The van der Waals surface area contributed by atoms with Gasteiger partial charge >= 0.3 is 0 Å². The number of halogens is 2. The van der Waals surface area contributed by atoms with Gasteiger partial charge in [0.25, 0.3) is 0 Å². The molecule has 0 aromatic carbocycles. The Morgan fingerprint density at radius 3 is 2.50 bits per heavy atom. The van der Waals surface area contributed by atoms with Gasteiger partial charge in [-0.05, 0) is 56.8 Å². The Hall–Kier alpha value is 0.620. The van der Waals surface area contributed by atoms with Gasteiger partial charge in [-0.25, -0.2) is 0 Å². The van der Waals surface area contributed by atoms with Gasteiger partial charge in [-0.3, -0.25) is 0 Å². The average molecular weight is 369 g/mol. The Bertz CT molecular complexity index is 305. The molecule has 0 amide bonds. The molecule has 0 saturated heterocycles. The molecule has 4 heteroatoms. The third-order valence-corrected chi connectivity index (χ3v) is 6.05. The molecule has 1 rings (SSSR count). The van der Waals surface area contributed by atoms with Crippen LogP contribution in [0.5, 0.6) is 0 Å². The number of thiophene rings is 1. The van der Waals surface area contributed by atoms with Crippen molar-refractivity contribution in [3.05, 3.63) is 19.2 Å². The fourth-order valence-corrected chi connectivity index (χ4v) is 4.24. The maximum atomic E-state index is 3.59. The Morgan fingerprint density at radius 1 is 1.38 bits per heavy atom. The molecule has 16 heavy (non-hydrogen) atoms. The van der Waals surface area contributed by atoms with Crippen molar-refractivity contribution in [2.45, 2.75) is 39.7 Å². The maximum absolute atomic E-state index is 3.59. The predicted octanol–water partition coefficient (Wildman–Crippen LogP) is 5.36. The SMILES string of the molecule is CCCC(C)C(NCC)c1cc(Br)c(Br)s1. The third kappa shape index (κ3) is 3.83. The second kappa shape index (κ2) is 7.14. The summed E-state index contributed by atoms with van der Waals surface area (Å²) in [5.41, 5.74) is 0. The van der Waals surface area contributed by atoms with Crippen molar-refractivity contribution in [2.24, 2.45) is 5.92 Å². The molecule has 1 heterocycles. The molecular formula is C12H19Br2NS. The highest BCUT2D eigenvalue weighted by atomic mass is 79.9. The van der Waals surface area contributed by atoms with E-state index in [1.165, 1.54) is 26.0 Å². The average Bonchev–Trinajstić information content (AvgIpc) is 2.55. The van der Waals surface area contributed by atoms with Crippen LogP contribution < -0.4 is 5.32 Å². The van der Waals surface area contributed by atoms with Crippen molar-refractivity contribution in [1.29, 1.82) is 0 Å². The zero-order valence-corrected chi connectivity index (χ0v) is 14.0. The molecule has 0 fully saturated rings. The van der Waals surface area contributed by atoms with Crippen LogP contribution in [-0.4, -0.2) is 6.54 Å². The van der Waals surface area contributed by atoms with E-state index < -0.39 is 0 Å². The third-order valence-electron chi connectivity index (χ3n) is 2.71. The smallest absolute Gasteiger partial charge is 0.0843 e. The van der Waals surface area contributed by atoms with E-state index in [2.05, 4.69) is 64.0 Å². The topological polar surface area (TPSA) is 12.0 Å². The van der Waals surface area contributed by atoms with Gasteiger partial charge in [0.15, 0.2) is 0 Å². The fraction of sp³-hybridized carbons (Fsp3) is 0.667. The van der Waals surface area contributed by atoms with Crippen LogP contribution in [0.25, 0.3) is 0 Å². The minimum Gasteiger partial charge on any atom is -0.309 e. The van der Waals surface area contributed by atoms with Gasteiger partial charge in [-0.15, -0.1) is 11.3 Å². The summed E-state index contributed by atoms with van der Waals surface area (Å²) in [7, 11) is 0. The summed E-state index contributed by atoms with van der Waals surface area (Å²) in [4.78, 5) is 1.42. The molecule has 0 bridgehead atoms. The van der Waals surface area contributed by atoms with Crippen LogP contribution in [0.3, 0.4) is 0 Å². The summed E-state index contributed by atoms with van der Waals surface area (Å²) in [5, 5.41) is 3.59. The van der Waals surface area contributed by atoms with E-state index in [0.29, 0.717) is 12.0 Å². The van der Waals surface area contributed by atoms with Crippen LogP contribution >= 0.6 is 43.2 Å². The van der Waals surface area contributed by atoms with Crippen LogP contribution in [0.15, 0.2) is 14.3 Å². The molecule has 0 radical (unpaired) electrons. The first-order valence-electron chi connectivity index (χ1n) is 5.78. The lowest BCUT2D eigenvalue weighted by atomic mass is 9.95. The summed E-state index contributed by atoms with van der Waals surface area (Å²) in [6.07, 6.45) is 2.52. The van der Waals surface area contributed by atoms with Gasteiger partial charge in [0, 0.05) is 15.4 Å². The highest BCUT2D eigenvalue weighted by Crippen LogP contribution is 2.38. The molecule has 1 N–H and O–H groups in total. The molecule has 0 aliphatic heterocycles. The molecule has 0 saturated carbocycles. The van der Waals surface area contributed by atoms with E-state index >= 15 is 0 Å². The Balaban J connectivity index is 2.83. The largest absolute Gasteiger partial charge is 0.309 e.